The molecule has 0 heteroatoms. The van der Waals surface area contributed by atoms with Crippen LogP contribution < -0.4 is 0 Å². The first-order valence-electron chi connectivity index (χ1n) is 6.82. The molecule has 0 aromatic heterocycles. The summed E-state index contributed by atoms with van der Waals surface area (Å²) in [4.78, 5) is 0. The molecule has 0 bridgehead atoms. The summed E-state index contributed by atoms with van der Waals surface area (Å²) in [6, 6.07) is 8.73. The molecule has 0 saturated carbocycles. The zero-order chi connectivity index (χ0) is 13.2. The van der Waals surface area contributed by atoms with Gasteiger partial charge in [0.25, 0.3) is 0 Å². The first kappa shape index (κ1) is 14.3. The van der Waals surface area contributed by atoms with Gasteiger partial charge in [-0.15, -0.1) is 0 Å². The minimum absolute atomic E-state index is 0. The molecule has 0 heterocycles. The second kappa shape index (κ2) is 5.92. The predicted molar refractivity (Wildman–Crippen MR) is 92.0 cm³/mol. The lowest BCUT2D eigenvalue weighted by molar-refractivity contribution is 0.992. The van der Waals surface area contributed by atoms with Gasteiger partial charge in [0, 0.05) is 0 Å². The summed E-state index contributed by atoms with van der Waals surface area (Å²) in [7, 11) is 0. The van der Waals surface area contributed by atoms with Gasteiger partial charge in [-0.1, -0.05) is 68.7 Å². The molecule has 0 fully saturated rings. The molecule has 0 radical (unpaired) electrons. The topological polar surface area (TPSA) is 0 Å². The molecule has 0 amide bonds. The van der Waals surface area contributed by atoms with Gasteiger partial charge in [0.15, 0.2) is 0 Å². The van der Waals surface area contributed by atoms with Crippen LogP contribution in [-0.2, 0) is 6.42 Å². The first-order chi connectivity index (χ1) is 9.33. The van der Waals surface area contributed by atoms with Gasteiger partial charge in [0.2, 0.25) is 0 Å². The van der Waals surface area contributed by atoms with Gasteiger partial charge < -0.3 is 0 Å². The van der Waals surface area contributed by atoms with Gasteiger partial charge in [0.05, 0.1) is 0 Å². The van der Waals surface area contributed by atoms with Crippen molar-refractivity contribution in [3.8, 4) is 0 Å². The standard InChI is InChI=1S/C19H18.CH4/c1-3-4-9-15-14(2)16-10-5-6-11-18(16)19-13-8-7-12-17(15)19;/h3-5,7-10,12-13H,1,6,11H2,2H3;1H4/b9-4-;. The lowest BCUT2D eigenvalue weighted by atomic mass is 9.85. The van der Waals surface area contributed by atoms with Gasteiger partial charge in [-0.05, 0) is 52.8 Å². The molecule has 0 aliphatic heterocycles. The van der Waals surface area contributed by atoms with Crippen molar-refractivity contribution >= 4 is 22.9 Å². The molecule has 0 saturated heterocycles. The molecule has 1 aliphatic rings. The Labute approximate surface area is 122 Å². The molecular formula is C20H22. The molecule has 3 rings (SSSR count). The molecule has 0 atom stereocenters. The van der Waals surface area contributed by atoms with Crippen LogP contribution in [0.2, 0.25) is 0 Å². The lowest BCUT2D eigenvalue weighted by Crippen LogP contribution is -2.01. The fourth-order valence-corrected chi connectivity index (χ4v) is 3.00. The Morgan fingerprint density at radius 2 is 1.90 bits per heavy atom. The zero-order valence-corrected chi connectivity index (χ0v) is 11.3. The van der Waals surface area contributed by atoms with Gasteiger partial charge in [-0.25, -0.2) is 0 Å². The summed E-state index contributed by atoms with van der Waals surface area (Å²) in [5.74, 6) is 0. The van der Waals surface area contributed by atoms with Crippen LogP contribution in [0.4, 0.5) is 0 Å². The summed E-state index contributed by atoms with van der Waals surface area (Å²) in [5, 5.41) is 2.75. The smallest absolute Gasteiger partial charge is 0.0106 e. The van der Waals surface area contributed by atoms with E-state index in [1.165, 1.54) is 33.0 Å². The Morgan fingerprint density at radius 1 is 1.15 bits per heavy atom. The molecule has 0 nitrogen and oxygen atoms in total. The second-order valence-electron chi connectivity index (χ2n) is 5.01. The first-order valence-corrected chi connectivity index (χ1v) is 6.82. The van der Waals surface area contributed by atoms with Gasteiger partial charge >= 0.3 is 0 Å². The number of hydrogen-bond acceptors (Lipinski definition) is 0. The minimum Gasteiger partial charge on any atom is -0.0991 e. The van der Waals surface area contributed by atoms with Gasteiger partial charge in [0.1, 0.15) is 0 Å². The number of benzene rings is 2. The Bertz CT molecular complexity index is 700. The summed E-state index contributed by atoms with van der Waals surface area (Å²) >= 11 is 0. The highest BCUT2D eigenvalue weighted by molar-refractivity contribution is 5.97. The van der Waals surface area contributed by atoms with Crippen LogP contribution in [-0.4, -0.2) is 0 Å². The normalized spacial score (nSPS) is 13.2. The predicted octanol–water partition coefficient (Wildman–Crippen LogP) is 5.94. The highest BCUT2D eigenvalue weighted by Crippen LogP contribution is 2.34. The molecule has 2 aromatic carbocycles. The number of hydrogen-bond donors (Lipinski definition) is 0. The number of rotatable bonds is 2. The monoisotopic (exact) mass is 262 g/mol. The highest BCUT2D eigenvalue weighted by atomic mass is 14.2. The molecule has 102 valence electrons. The summed E-state index contributed by atoms with van der Waals surface area (Å²) in [6.45, 7) is 6.00. The maximum Gasteiger partial charge on any atom is -0.0106 e. The molecule has 2 aromatic rings. The van der Waals surface area contributed by atoms with Crippen molar-refractivity contribution in [2.24, 2.45) is 0 Å². The number of aryl methyl sites for hydroxylation is 1. The molecule has 0 unspecified atom stereocenters. The van der Waals surface area contributed by atoms with Crippen LogP contribution in [0.1, 0.15) is 36.1 Å². The van der Waals surface area contributed by atoms with Crippen LogP contribution in [0.15, 0.2) is 49.1 Å². The third-order valence-corrected chi connectivity index (χ3v) is 3.92. The van der Waals surface area contributed by atoms with Crippen molar-refractivity contribution < 1.29 is 0 Å². The van der Waals surface area contributed by atoms with E-state index in [1.807, 2.05) is 12.2 Å². The van der Waals surface area contributed by atoms with Crippen molar-refractivity contribution in [1.29, 1.82) is 0 Å². The van der Waals surface area contributed by atoms with Crippen LogP contribution >= 0.6 is 0 Å². The Morgan fingerprint density at radius 3 is 2.65 bits per heavy atom. The molecule has 0 N–H and O–H groups in total. The van der Waals surface area contributed by atoms with Crippen LogP contribution in [0.25, 0.3) is 22.9 Å². The second-order valence-corrected chi connectivity index (χ2v) is 5.01. The Hall–Kier alpha value is -2.08. The number of fused-ring (bicyclic) bond motifs is 3. The molecular weight excluding hydrogens is 240 g/mol. The van der Waals surface area contributed by atoms with E-state index in [4.69, 9.17) is 0 Å². The van der Waals surface area contributed by atoms with E-state index >= 15 is 0 Å². The van der Waals surface area contributed by atoms with Crippen LogP contribution in [0.5, 0.6) is 0 Å². The quantitative estimate of drug-likeness (QED) is 0.587. The summed E-state index contributed by atoms with van der Waals surface area (Å²) in [5.41, 5.74) is 5.61. The summed E-state index contributed by atoms with van der Waals surface area (Å²) < 4.78 is 0. The summed E-state index contributed by atoms with van der Waals surface area (Å²) in [6.07, 6.45) is 12.9. The van der Waals surface area contributed by atoms with E-state index in [-0.39, 0.29) is 7.43 Å². The molecule has 1 aliphatic carbocycles. The van der Waals surface area contributed by atoms with Crippen molar-refractivity contribution in [1.82, 2.24) is 0 Å². The molecule has 20 heavy (non-hydrogen) atoms. The Balaban J connectivity index is 0.00000147. The van der Waals surface area contributed by atoms with Crippen LogP contribution in [0, 0.1) is 6.92 Å². The fourth-order valence-electron chi connectivity index (χ4n) is 3.00. The maximum atomic E-state index is 3.77. The van der Waals surface area contributed by atoms with E-state index in [0.717, 1.165) is 12.8 Å². The van der Waals surface area contributed by atoms with Crippen molar-refractivity contribution in [2.75, 3.05) is 0 Å². The van der Waals surface area contributed by atoms with Crippen LogP contribution in [0.3, 0.4) is 0 Å². The highest BCUT2D eigenvalue weighted by Gasteiger charge is 2.14. The lowest BCUT2D eigenvalue weighted by Gasteiger charge is -2.19. The average molecular weight is 262 g/mol. The average Bonchev–Trinajstić information content (AvgIpc) is 2.47. The largest absolute Gasteiger partial charge is 0.0991 e. The van der Waals surface area contributed by atoms with Crippen molar-refractivity contribution in [2.45, 2.75) is 27.2 Å². The third-order valence-electron chi connectivity index (χ3n) is 3.92. The van der Waals surface area contributed by atoms with Gasteiger partial charge in [-0.3, -0.25) is 0 Å². The van der Waals surface area contributed by atoms with E-state index in [2.05, 4.69) is 56.0 Å². The van der Waals surface area contributed by atoms with E-state index in [0.29, 0.717) is 0 Å². The van der Waals surface area contributed by atoms with E-state index < -0.39 is 0 Å². The van der Waals surface area contributed by atoms with E-state index in [1.54, 1.807) is 0 Å². The van der Waals surface area contributed by atoms with Crippen molar-refractivity contribution in [3.63, 3.8) is 0 Å². The third kappa shape index (κ3) is 2.22. The SMILES string of the molecule is C.C=C/C=C\c1c(C)c2c(c3ccccc13)CCC=C2. The van der Waals surface area contributed by atoms with Gasteiger partial charge in [-0.2, -0.15) is 0 Å². The van der Waals surface area contributed by atoms with Crippen molar-refractivity contribution in [3.05, 3.63) is 71.3 Å². The Kier molecular flexibility index (Phi) is 4.24. The number of allylic oxidation sites excluding steroid dienone is 3. The van der Waals surface area contributed by atoms with E-state index in [9.17, 15) is 0 Å². The minimum atomic E-state index is 0. The molecule has 0 spiro atoms. The maximum absolute atomic E-state index is 3.77. The fraction of sp³-hybridized carbons (Fsp3) is 0.200. The zero-order valence-electron chi connectivity index (χ0n) is 11.3.